The summed E-state index contributed by atoms with van der Waals surface area (Å²) in [6.45, 7) is 1.30. The van der Waals surface area contributed by atoms with Crippen LogP contribution < -0.4 is 19.5 Å². The molecule has 3 rings (SSSR count). The Labute approximate surface area is 147 Å². The summed E-state index contributed by atoms with van der Waals surface area (Å²) in [5.41, 5.74) is 0.415. The molecule has 2 fully saturated rings. The van der Waals surface area contributed by atoms with Crippen molar-refractivity contribution >= 4 is 5.91 Å². The zero-order valence-corrected chi connectivity index (χ0v) is 15.0. The molecule has 1 saturated heterocycles. The van der Waals surface area contributed by atoms with E-state index in [2.05, 4.69) is 5.32 Å². The molecule has 7 nitrogen and oxygen atoms in total. The van der Waals surface area contributed by atoms with Gasteiger partial charge in [0.05, 0.1) is 39.6 Å². The van der Waals surface area contributed by atoms with E-state index in [-0.39, 0.29) is 24.0 Å². The minimum atomic E-state index is -0.200. The average molecular weight is 351 g/mol. The second-order valence-electron chi connectivity index (χ2n) is 6.31. The summed E-state index contributed by atoms with van der Waals surface area (Å²) in [6, 6.07) is 3.33. The fraction of sp³-hybridized carbons (Fsp3) is 0.611. The van der Waals surface area contributed by atoms with E-state index in [0.717, 1.165) is 13.0 Å². The average Bonchev–Trinajstić information content (AvgIpc) is 3.07. The fourth-order valence-corrected chi connectivity index (χ4v) is 3.87. The van der Waals surface area contributed by atoms with Crippen LogP contribution in [-0.2, 0) is 9.47 Å². The Balaban J connectivity index is 1.81. The highest BCUT2D eigenvalue weighted by atomic mass is 16.5. The maximum atomic E-state index is 12.9. The first-order valence-corrected chi connectivity index (χ1v) is 8.36. The molecule has 25 heavy (non-hydrogen) atoms. The van der Waals surface area contributed by atoms with Crippen LogP contribution in [0.15, 0.2) is 12.1 Å². The molecule has 0 bridgehead atoms. The Bertz CT molecular complexity index is 634. The predicted molar refractivity (Wildman–Crippen MR) is 90.6 cm³/mol. The molecule has 1 heterocycles. The van der Waals surface area contributed by atoms with E-state index in [1.807, 2.05) is 0 Å². The number of nitrogens with one attached hydrogen (secondary N) is 1. The number of hydrogen-bond donors (Lipinski definition) is 1. The highest BCUT2D eigenvalue weighted by molar-refractivity contribution is 5.98. The van der Waals surface area contributed by atoms with Crippen molar-refractivity contribution in [3.8, 4) is 17.2 Å². The summed E-state index contributed by atoms with van der Waals surface area (Å²) in [5, 5.41) is 3.13. The van der Waals surface area contributed by atoms with Gasteiger partial charge in [0, 0.05) is 43.7 Å². The van der Waals surface area contributed by atoms with E-state index < -0.39 is 0 Å². The smallest absolute Gasteiger partial charge is 0.255 e. The van der Waals surface area contributed by atoms with Gasteiger partial charge in [0.25, 0.3) is 5.91 Å². The number of carbonyl (C=O) groups is 1. The van der Waals surface area contributed by atoms with E-state index in [1.165, 1.54) is 14.2 Å². The van der Waals surface area contributed by atoms with Gasteiger partial charge in [-0.25, -0.2) is 0 Å². The molecule has 4 atom stereocenters. The van der Waals surface area contributed by atoms with Crippen molar-refractivity contribution in [2.45, 2.75) is 18.6 Å². The van der Waals surface area contributed by atoms with Crippen LogP contribution >= 0.6 is 0 Å². The molecule has 0 radical (unpaired) electrons. The third kappa shape index (κ3) is 3.14. The van der Waals surface area contributed by atoms with Gasteiger partial charge in [0.15, 0.2) is 11.5 Å². The zero-order chi connectivity index (χ0) is 18.0. The number of ether oxygens (including phenoxy) is 5. The van der Waals surface area contributed by atoms with Gasteiger partial charge in [-0.2, -0.15) is 0 Å². The van der Waals surface area contributed by atoms with E-state index in [9.17, 15) is 4.79 Å². The summed E-state index contributed by atoms with van der Waals surface area (Å²) in [4.78, 5) is 12.9. The van der Waals surface area contributed by atoms with Gasteiger partial charge in [-0.15, -0.1) is 0 Å². The molecule has 0 aromatic heterocycles. The largest absolute Gasteiger partial charge is 0.496 e. The molecule has 0 spiro atoms. The topological polar surface area (TPSA) is 75.3 Å². The standard InChI is InChI=1S/C18H25NO6/c1-21-9-12-16(10-5-6-25-17(10)12)19-18(20)11-7-14(23-3)15(24-4)8-13(11)22-2/h7-8,10,12,16-17H,5-6,9H2,1-4H3,(H,19,20)/t10-,12+,16+,17-/m0/s1. The summed E-state index contributed by atoms with van der Waals surface area (Å²) in [6.07, 6.45) is 1.14. The molecule has 7 heteroatoms. The van der Waals surface area contributed by atoms with E-state index in [4.69, 9.17) is 23.7 Å². The molecule has 1 N–H and O–H groups in total. The molecular formula is C18H25NO6. The van der Waals surface area contributed by atoms with Gasteiger partial charge < -0.3 is 29.0 Å². The Kier molecular flexibility index (Phi) is 5.34. The minimum Gasteiger partial charge on any atom is -0.496 e. The maximum Gasteiger partial charge on any atom is 0.255 e. The third-order valence-corrected chi connectivity index (χ3v) is 5.14. The van der Waals surface area contributed by atoms with Gasteiger partial charge in [0.1, 0.15) is 5.75 Å². The van der Waals surface area contributed by atoms with Crippen LogP contribution in [0.1, 0.15) is 16.8 Å². The van der Waals surface area contributed by atoms with Crippen LogP contribution in [0, 0.1) is 11.8 Å². The Morgan fingerprint density at radius 2 is 1.80 bits per heavy atom. The van der Waals surface area contributed by atoms with Crippen molar-refractivity contribution in [3.63, 3.8) is 0 Å². The van der Waals surface area contributed by atoms with Crippen molar-refractivity contribution in [3.05, 3.63) is 17.7 Å². The lowest BCUT2D eigenvalue weighted by Gasteiger charge is -2.47. The zero-order valence-electron chi connectivity index (χ0n) is 15.0. The van der Waals surface area contributed by atoms with Crippen LogP contribution in [0.3, 0.4) is 0 Å². The molecule has 1 aromatic carbocycles. The van der Waals surface area contributed by atoms with Crippen LogP contribution in [0.25, 0.3) is 0 Å². The SMILES string of the molecule is COC[C@@H]1[C@H](NC(=O)c2cc(OC)c(OC)cc2OC)[C@@H]2CCO[C@H]12. The lowest BCUT2D eigenvalue weighted by Crippen LogP contribution is -2.62. The summed E-state index contributed by atoms with van der Waals surface area (Å²) in [7, 11) is 6.27. The van der Waals surface area contributed by atoms with Crippen molar-refractivity contribution < 1.29 is 28.5 Å². The lowest BCUT2D eigenvalue weighted by molar-refractivity contribution is -0.0809. The van der Waals surface area contributed by atoms with Gasteiger partial charge in [0.2, 0.25) is 0 Å². The lowest BCUT2D eigenvalue weighted by atomic mass is 9.67. The molecule has 1 saturated carbocycles. The highest BCUT2D eigenvalue weighted by Gasteiger charge is 2.54. The van der Waals surface area contributed by atoms with Gasteiger partial charge in [-0.1, -0.05) is 0 Å². The second kappa shape index (κ2) is 7.49. The molecule has 1 amide bonds. The summed E-state index contributed by atoms with van der Waals surface area (Å²) < 4.78 is 27.0. The number of hydrogen-bond acceptors (Lipinski definition) is 6. The molecule has 1 aliphatic carbocycles. The first-order chi connectivity index (χ1) is 12.1. The van der Waals surface area contributed by atoms with Crippen molar-refractivity contribution in [1.82, 2.24) is 5.32 Å². The van der Waals surface area contributed by atoms with E-state index >= 15 is 0 Å². The predicted octanol–water partition coefficient (Wildman–Crippen LogP) is 1.49. The van der Waals surface area contributed by atoms with Gasteiger partial charge in [-0.3, -0.25) is 4.79 Å². The Morgan fingerprint density at radius 1 is 1.12 bits per heavy atom. The van der Waals surface area contributed by atoms with E-state index in [1.54, 1.807) is 26.4 Å². The van der Waals surface area contributed by atoms with Crippen molar-refractivity contribution in [1.29, 1.82) is 0 Å². The second-order valence-corrected chi connectivity index (χ2v) is 6.31. The molecule has 0 unspecified atom stereocenters. The van der Waals surface area contributed by atoms with Crippen molar-refractivity contribution in [2.75, 3.05) is 41.7 Å². The quantitative estimate of drug-likeness (QED) is 0.802. The number of amides is 1. The number of benzene rings is 1. The van der Waals surface area contributed by atoms with Crippen molar-refractivity contribution in [2.24, 2.45) is 11.8 Å². The first-order valence-electron chi connectivity index (χ1n) is 8.36. The number of fused-ring (bicyclic) bond motifs is 1. The summed E-state index contributed by atoms with van der Waals surface area (Å²) in [5.74, 6) is 1.76. The molecule has 138 valence electrons. The van der Waals surface area contributed by atoms with Crippen LogP contribution in [0.2, 0.25) is 0 Å². The number of methoxy groups -OCH3 is 4. The molecule has 1 aromatic rings. The van der Waals surface area contributed by atoms with Crippen LogP contribution in [0.4, 0.5) is 0 Å². The molecular weight excluding hydrogens is 326 g/mol. The van der Waals surface area contributed by atoms with Crippen LogP contribution in [0.5, 0.6) is 17.2 Å². The van der Waals surface area contributed by atoms with Crippen LogP contribution in [-0.4, -0.2) is 59.7 Å². The number of rotatable bonds is 7. The fourth-order valence-electron chi connectivity index (χ4n) is 3.87. The van der Waals surface area contributed by atoms with E-state index in [0.29, 0.717) is 35.3 Å². The number of carbonyl (C=O) groups excluding carboxylic acids is 1. The monoisotopic (exact) mass is 351 g/mol. The first kappa shape index (κ1) is 17.8. The summed E-state index contributed by atoms with van der Waals surface area (Å²) >= 11 is 0. The molecule has 1 aliphatic heterocycles. The Hall–Kier alpha value is -1.99. The van der Waals surface area contributed by atoms with Gasteiger partial charge in [-0.05, 0) is 6.42 Å². The maximum absolute atomic E-state index is 12.9. The molecule has 2 aliphatic rings. The highest BCUT2D eigenvalue weighted by Crippen LogP contribution is 2.44. The third-order valence-electron chi connectivity index (χ3n) is 5.14. The Morgan fingerprint density at radius 3 is 2.44 bits per heavy atom. The van der Waals surface area contributed by atoms with Gasteiger partial charge >= 0.3 is 0 Å². The minimum absolute atomic E-state index is 0.0396. The normalized spacial score (nSPS) is 27.2.